The van der Waals surface area contributed by atoms with E-state index in [0.717, 1.165) is 11.9 Å². The maximum Gasteiger partial charge on any atom is 0.179 e. The number of alkyl halides is 1. The molecule has 0 N–H and O–H groups in total. The molecule has 0 spiro atoms. The molecule has 0 aromatic heterocycles. The average molecular weight is 217 g/mol. The van der Waals surface area contributed by atoms with Crippen LogP contribution in [0.1, 0.15) is 25.7 Å². The fourth-order valence-electron chi connectivity index (χ4n) is 1.62. The molecular weight excluding hydrogens is 204 g/mol. The normalized spacial score (nSPS) is 18.2. The minimum absolute atomic E-state index is 0.539. The van der Waals surface area contributed by atoms with Crippen LogP contribution in [0.25, 0.3) is 0 Å². The summed E-state index contributed by atoms with van der Waals surface area (Å²) in [5.74, 6) is 0. The summed E-state index contributed by atoms with van der Waals surface area (Å²) >= 11 is 3.35. The van der Waals surface area contributed by atoms with E-state index in [1.165, 1.54) is 25.7 Å². The lowest BCUT2D eigenvalue weighted by atomic mass is 10.2. The predicted molar refractivity (Wildman–Crippen MR) is 48.4 cm³/mol. The van der Waals surface area contributed by atoms with Crippen LogP contribution in [-0.2, 0) is 0 Å². The van der Waals surface area contributed by atoms with Crippen molar-refractivity contribution in [3.05, 3.63) is 0 Å². The highest BCUT2D eigenvalue weighted by Gasteiger charge is 2.20. The van der Waals surface area contributed by atoms with Gasteiger partial charge in [-0.05, 0) is 12.8 Å². The molecule has 3 heteroatoms. The van der Waals surface area contributed by atoms with E-state index in [9.17, 15) is 0 Å². The molecular formula is C8H13BrN2. The summed E-state index contributed by atoms with van der Waals surface area (Å²) in [6.07, 6.45) is 7.26. The van der Waals surface area contributed by atoms with Crippen LogP contribution in [0, 0.1) is 11.5 Å². The second kappa shape index (κ2) is 4.61. The van der Waals surface area contributed by atoms with Crippen LogP contribution < -0.4 is 0 Å². The van der Waals surface area contributed by atoms with Crippen molar-refractivity contribution in [3.8, 4) is 6.19 Å². The van der Waals surface area contributed by atoms with Crippen molar-refractivity contribution in [3.63, 3.8) is 0 Å². The summed E-state index contributed by atoms with van der Waals surface area (Å²) in [6, 6.07) is 0.539. The second-order valence-electron chi connectivity index (χ2n) is 2.92. The first kappa shape index (κ1) is 8.86. The van der Waals surface area contributed by atoms with Gasteiger partial charge >= 0.3 is 0 Å². The molecule has 0 heterocycles. The Morgan fingerprint density at radius 1 is 1.45 bits per heavy atom. The van der Waals surface area contributed by atoms with Crippen molar-refractivity contribution in [1.29, 1.82) is 5.26 Å². The summed E-state index contributed by atoms with van der Waals surface area (Å²) in [5, 5.41) is 9.67. The van der Waals surface area contributed by atoms with E-state index in [2.05, 4.69) is 22.1 Å². The molecule has 0 unspecified atom stereocenters. The van der Waals surface area contributed by atoms with Crippen LogP contribution in [0.3, 0.4) is 0 Å². The molecule has 1 aliphatic rings. The van der Waals surface area contributed by atoms with E-state index in [-0.39, 0.29) is 0 Å². The number of nitriles is 1. The lowest BCUT2D eigenvalue weighted by Crippen LogP contribution is -2.30. The smallest absolute Gasteiger partial charge is 0.179 e. The maximum absolute atomic E-state index is 8.77. The lowest BCUT2D eigenvalue weighted by Gasteiger charge is -2.21. The van der Waals surface area contributed by atoms with Gasteiger partial charge in [-0.25, -0.2) is 0 Å². The SMILES string of the molecule is N#CN(CCBr)C1CCCC1. The van der Waals surface area contributed by atoms with Crippen LogP contribution in [-0.4, -0.2) is 22.8 Å². The molecule has 1 aliphatic carbocycles. The fourth-order valence-corrected chi connectivity index (χ4v) is 2.00. The Hall–Kier alpha value is -0.230. The Labute approximate surface area is 76.3 Å². The molecule has 0 amide bonds. The Kier molecular flexibility index (Phi) is 3.71. The van der Waals surface area contributed by atoms with Crippen molar-refractivity contribution in [2.75, 3.05) is 11.9 Å². The molecule has 1 fully saturated rings. The highest BCUT2D eigenvalue weighted by atomic mass is 79.9. The third kappa shape index (κ3) is 2.37. The van der Waals surface area contributed by atoms with Gasteiger partial charge in [0.2, 0.25) is 0 Å². The van der Waals surface area contributed by atoms with Crippen LogP contribution >= 0.6 is 15.9 Å². The summed E-state index contributed by atoms with van der Waals surface area (Å²) in [4.78, 5) is 1.90. The van der Waals surface area contributed by atoms with Gasteiger partial charge in [-0.2, -0.15) is 5.26 Å². The Morgan fingerprint density at radius 3 is 2.55 bits per heavy atom. The van der Waals surface area contributed by atoms with Crippen LogP contribution in [0.15, 0.2) is 0 Å². The van der Waals surface area contributed by atoms with Gasteiger partial charge in [0, 0.05) is 17.9 Å². The third-order valence-corrected chi connectivity index (χ3v) is 2.57. The van der Waals surface area contributed by atoms with Crippen LogP contribution in [0.5, 0.6) is 0 Å². The van der Waals surface area contributed by atoms with E-state index in [1.807, 2.05) is 4.90 Å². The summed E-state index contributed by atoms with van der Waals surface area (Å²) in [7, 11) is 0. The van der Waals surface area contributed by atoms with Crippen LogP contribution in [0.2, 0.25) is 0 Å². The zero-order chi connectivity index (χ0) is 8.10. The number of hydrogen-bond donors (Lipinski definition) is 0. The van der Waals surface area contributed by atoms with E-state index >= 15 is 0 Å². The van der Waals surface area contributed by atoms with E-state index < -0.39 is 0 Å². The third-order valence-electron chi connectivity index (χ3n) is 2.22. The molecule has 0 aromatic carbocycles. The molecule has 11 heavy (non-hydrogen) atoms. The van der Waals surface area contributed by atoms with E-state index in [1.54, 1.807) is 0 Å². The Balaban J connectivity index is 2.35. The predicted octanol–water partition coefficient (Wildman–Crippen LogP) is 2.11. The molecule has 62 valence electrons. The van der Waals surface area contributed by atoms with Gasteiger partial charge in [0.05, 0.1) is 0 Å². The first-order chi connectivity index (χ1) is 5.38. The Bertz CT molecular complexity index is 147. The largest absolute Gasteiger partial charge is 0.307 e. The number of halogens is 1. The molecule has 0 aromatic rings. The van der Waals surface area contributed by atoms with Crippen molar-refractivity contribution in [2.24, 2.45) is 0 Å². The number of hydrogen-bond acceptors (Lipinski definition) is 2. The van der Waals surface area contributed by atoms with E-state index in [4.69, 9.17) is 5.26 Å². The molecule has 0 saturated heterocycles. The van der Waals surface area contributed by atoms with Gasteiger partial charge in [0.1, 0.15) is 0 Å². The van der Waals surface area contributed by atoms with Crippen molar-refractivity contribution in [2.45, 2.75) is 31.7 Å². The van der Waals surface area contributed by atoms with E-state index in [0.29, 0.717) is 6.04 Å². The summed E-state index contributed by atoms with van der Waals surface area (Å²) in [5.41, 5.74) is 0. The first-order valence-electron chi connectivity index (χ1n) is 4.11. The lowest BCUT2D eigenvalue weighted by molar-refractivity contribution is 0.309. The van der Waals surface area contributed by atoms with Gasteiger partial charge in [0.25, 0.3) is 0 Å². The van der Waals surface area contributed by atoms with Gasteiger partial charge in [-0.1, -0.05) is 28.8 Å². The van der Waals surface area contributed by atoms with Crippen LogP contribution in [0.4, 0.5) is 0 Å². The molecule has 1 saturated carbocycles. The standard InChI is InChI=1S/C8H13BrN2/c9-5-6-11(7-10)8-3-1-2-4-8/h8H,1-6H2. The van der Waals surface area contributed by atoms with Crippen molar-refractivity contribution >= 4 is 15.9 Å². The minimum Gasteiger partial charge on any atom is -0.307 e. The van der Waals surface area contributed by atoms with Gasteiger partial charge in [-0.3, -0.25) is 0 Å². The van der Waals surface area contributed by atoms with Gasteiger partial charge in [0.15, 0.2) is 6.19 Å². The molecule has 0 atom stereocenters. The average Bonchev–Trinajstić information content (AvgIpc) is 2.52. The molecule has 2 nitrogen and oxygen atoms in total. The summed E-state index contributed by atoms with van der Waals surface area (Å²) in [6.45, 7) is 0.862. The zero-order valence-electron chi connectivity index (χ0n) is 6.59. The monoisotopic (exact) mass is 216 g/mol. The highest BCUT2D eigenvalue weighted by molar-refractivity contribution is 9.09. The molecule has 1 rings (SSSR count). The van der Waals surface area contributed by atoms with Gasteiger partial charge < -0.3 is 4.90 Å². The zero-order valence-corrected chi connectivity index (χ0v) is 8.18. The maximum atomic E-state index is 8.77. The Morgan fingerprint density at radius 2 is 2.09 bits per heavy atom. The van der Waals surface area contributed by atoms with Gasteiger partial charge in [-0.15, -0.1) is 0 Å². The summed E-state index contributed by atoms with van der Waals surface area (Å²) < 4.78 is 0. The topological polar surface area (TPSA) is 27.0 Å². The first-order valence-corrected chi connectivity index (χ1v) is 5.23. The quantitative estimate of drug-likeness (QED) is 0.411. The molecule has 0 aliphatic heterocycles. The molecule has 0 radical (unpaired) electrons. The fraction of sp³-hybridized carbons (Fsp3) is 0.875. The minimum atomic E-state index is 0.539. The van der Waals surface area contributed by atoms with Crippen molar-refractivity contribution < 1.29 is 0 Å². The number of rotatable bonds is 3. The molecule has 0 bridgehead atoms. The van der Waals surface area contributed by atoms with Crippen molar-refractivity contribution in [1.82, 2.24) is 4.90 Å². The second-order valence-corrected chi connectivity index (χ2v) is 3.71. The number of nitrogens with zero attached hydrogens (tertiary/aromatic N) is 2. The highest BCUT2D eigenvalue weighted by Crippen LogP contribution is 2.22.